The van der Waals surface area contributed by atoms with Gasteiger partial charge in [-0.15, -0.1) is 0 Å². The molecule has 1 amide bonds. The second-order valence-electron chi connectivity index (χ2n) is 4.56. The Labute approximate surface area is 131 Å². The predicted octanol–water partition coefficient (Wildman–Crippen LogP) is 0.665. The van der Waals surface area contributed by atoms with Gasteiger partial charge in [-0.1, -0.05) is 12.1 Å². The summed E-state index contributed by atoms with van der Waals surface area (Å²) in [6.45, 7) is 1.15. The first kappa shape index (κ1) is 16.6. The van der Waals surface area contributed by atoms with Crippen molar-refractivity contribution in [1.29, 1.82) is 0 Å². The normalized spacial score (nSPS) is 11.8. The molecule has 0 spiro atoms. The zero-order valence-electron chi connectivity index (χ0n) is 12.4. The van der Waals surface area contributed by atoms with Crippen molar-refractivity contribution in [2.45, 2.75) is 13.0 Å². The number of carbonyl (C=O) groups excluding carboxylic acids is 2. The average molecular weight is 321 g/mol. The fraction of sp³-hybridized carbons (Fsp3) is 0.267. The van der Waals surface area contributed by atoms with Crippen LogP contribution >= 0.6 is 0 Å². The van der Waals surface area contributed by atoms with Crippen LogP contribution < -0.4 is 5.32 Å². The third kappa shape index (κ3) is 3.92. The summed E-state index contributed by atoms with van der Waals surface area (Å²) in [5.41, 5.74) is 0.173. The summed E-state index contributed by atoms with van der Waals surface area (Å²) in [6, 6.07) is 6.17. The maximum Gasteiger partial charge on any atom is 0.331 e. The molecule has 0 aliphatic heterocycles. The van der Waals surface area contributed by atoms with Gasteiger partial charge in [0, 0.05) is 6.20 Å². The SMILES string of the molecule is CCOC(=O)C(CO)NC(=O)c1ccn(-c2ccccc2F)n1. The van der Waals surface area contributed by atoms with Gasteiger partial charge < -0.3 is 15.2 Å². The number of hydrogen-bond donors (Lipinski definition) is 2. The minimum atomic E-state index is -1.18. The molecule has 0 saturated heterocycles. The van der Waals surface area contributed by atoms with Crippen molar-refractivity contribution >= 4 is 11.9 Å². The number of aliphatic hydroxyl groups excluding tert-OH is 1. The monoisotopic (exact) mass is 321 g/mol. The van der Waals surface area contributed by atoms with E-state index in [2.05, 4.69) is 10.4 Å². The first-order valence-corrected chi connectivity index (χ1v) is 6.95. The number of esters is 1. The van der Waals surface area contributed by atoms with E-state index in [4.69, 9.17) is 9.84 Å². The molecule has 1 aromatic heterocycles. The van der Waals surface area contributed by atoms with Crippen LogP contribution in [0.5, 0.6) is 0 Å². The van der Waals surface area contributed by atoms with Crippen LogP contribution in [-0.4, -0.2) is 46.0 Å². The molecule has 0 aliphatic rings. The Morgan fingerprint density at radius 1 is 1.39 bits per heavy atom. The van der Waals surface area contributed by atoms with E-state index in [9.17, 15) is 14.0 Å². The van der Waals surface area contributed by atoms with Crippen molar-refractivity contribution < 1.29 is 23.8 Å². The van der Waals surface area contributed by atoms with Gasteiger partial charge in [-0.05, 0) is 25.1 Å². The van der Waals surface area contributed by atoms with Gasteiger partial charge in [0.05, 0.1) is 13.2 Å². The standard InChI is InChI=1S/C15H16FN3O4/c1-2-23-15(22)12(9-20)17-14(21)11-7-8-19(18-11)13-6-4-3-5-10(13)16/h3-8,12,20H,2,9H2,1H3,(H,17,21). The molecular weight excluding hydrogens is 305 g/mol. The number of aliphatic hydroxyl groups is 1. The number of nitrogens with zero attached hydrogens (tertiary/aromatic N) is 2. The summed E-state index contributed by atoms with van der Waals surface area (Å²) in [5.74, 6) is -1.90. The number of halogens is 1. The van der Waals surface area contributed by atoms with Crippen LogP contribution in [0.2, 0.25) is 0 Å². The fourth-order valence-corrected chi connectivity index (χ4v) is 1.87. The molecule has 8 heteroatoms. The molecule has 23 heavy (non-hydrogen) atoms. The fourth-order valence-electron chi connectivity index (χ4n) is 1.87. The molecule has 1 unspecified atom stereocenters. The number of para-hydroxylation sites is 1. The minimum Gasteiger partial charge on any atom is -0.464 e. The first-order valence-electron chi connectivity index (χ1n) is 6.95. The molecular formula is C15H16FN3O4. The van der Waals surface area contributed by atoms with E-state index in [1.54, 1.807) is 19.1 Å². The zero-order valence-corrected chi connectivity index (χ0v) is 12.4. The van der Waals surface area contributed by atoms with Crippen molar-refractivity contribution in [3.8, 4) is 5.69 Å². The zero-order chi connectivity index (χ0) is 16.8. The highest BCUT2D eigenvalue weighted by Crippen LogP contribution is 2.12. The van der Waals surface area contributed by atoms with Crippen LogP contribution in [0.15, 0.2) is 36.5 Å². The van der Waals surface area contributed by atoms with Crippen LogP contribution in [0.25, 0.3) is 5.69 Å². The number of nitrogens with one attached hydrogen (secondary N) is 1. The molecule has 0 bridgehead atoms. The number of ether oxygens (including phenoxy) is 1. The van der Waals surface area contributed by atoms with Crippen molar-refractivity contribution in [3.05, 3.63) is 48.0 Å². The lowest BCUT2D eigenvalue weighted by Gasteiger charge is -2.13. The van der Waals surface area contributed by atoms with Gasteiger partial charge >= 0.3 is 5.97 Å². The van der Waals surface area contributed by atoms with E-state index in [0.717, 1.165) is 0 Å². The quantitative estimate of drug-likeness (QED) is 0.763. The molecule has 0 fully saturated rings. The van der Waals surface area contributed by atoms with E-state index in [-0.39, 0.29) is 18.0 Å². The second kappa shape index (κ2) is 7.50. The molecule has 1 atom stereocenters. The van der Waals surface area contributed by atoms with Crippen molar-refractivity contribution in [2.24, 2.45) is 0 Å². The predicted molar refractivity (Wildman–Crippen MR) is 78.5 cm³/mol. The van der Waals surface area contributed by atoms with Gasteiger partial charge in [0.25, 0.3) is 5.91 Å². The lowest BCUT2D eigenvalue weighted by molar-refractivity contribution is -0.146. The van der Waals surface area contributed by atoms with Gasteiger partial charge in [-0.2, -0.15) is 5.10 Å². The Balaban J connectivity index is 2.12. The number of amides is 1. The summed E-state index contributed by atoms with van der Waals surface area (Å²) in [4.78, 5) is 23.6. The molecule has 2 aromatic rings. The smallest absolute Gasteiger partial charge is 0.331 e. The summed E-state index contributed by atoms with van der Waals surface area (Å²) in [5, 5.41) is 15.4. The second-order valence-corrected chi connectivity index (χ2v) is 4.56. The number of aromatic nitrogens is 2. The Morgan fingerprint density at radius 3 is 2.78 bits per heavy atom. The van der Waals surface area contributed by atoms with E-state index in [0.29, 0.717) is 0 Å². The lowest BCUT2D eigenvalue weighted by atomic mass is 10.3. The Bertz CT molecular complexity index is 702. The molecule has 7 nitrogen and oxygen atoms in total. The number of hydrogen-bond acceptors (Lipinski definition) is 5. The third-order valence-electron chi connectivity index (χ3n) is 2.98. The summed E-state index contributed by atoms with van der Waals surface area (Å²) >= 11 is 0. The molecule has 2 N–H and O–H groups in total. The average Bonchev–Trinajstić information content (AvgIpc) is 3.02. The topological polar surface area (TPSA) is 93.5 Å². The Kier molecular flexibility index (Phi) is 5.42. The maximum atomic E-state index is 13.7. The molecule has 0 saturated carbocycles. The molecule has 1 heterocycles. The van der Waals surface area contributed by atoms with Crippen molar-refractivity contribution in [2.75, 3.05) is 13.2 Å². The first-order chi connectivity index (χ1) is 11.1. The van der Waals surface area contributed by atoms with Crippen LogP contribution in [0.4, 0.5) is 4.39 Å². The van der Waals surface area contributed by atoms with Gasteiger partial charge in [0.15, 0.2) is 11.7 Å². The van der Waals surface area contributed by atoms with Crippen molar-refractivity contribution in [3.63, 3.8) is 0 Å². The van der Waals surface area contributed by atoms with E-state index in [1.807, 2.05) is 0 Å². The minimum absolute atomic E-state index is 0.0176. The lowest BCUT2D eigenvalue weighted by Crippen LogP contribution is -2.44. The summed E-state index contributed by atoms with van der Waals surface area (Å²) < 4.78 is 19.6. The van der Waals surface area contributed by atoms with Gasteiger partial charge in [-0.3, -0.25) is 4.79 Å². The maximum absolute atomic E-state index is 13.7. The highest BCUT2D eigenvalue weighted by Gasteiger charge is 2.23. The van der Waals surface area contributed by atoms with Crippen LogP contribution in [-0.2, 0) is 9.53 Å². The van der Waals surface area contributed by atoms with E-state index in [1.165, 1.54) is 29.1 Å². The highest BCUT2D eigenvalue weighted by molar-refractivity contribution is 5.95. The third-order valence-corrected chi connectivity index (χ3v) is 2.98. The van der Waals surface area contributed by atoms with Gasteiger partial charge in [0.1, 0.15) is 11.5 Å². The van der Waals surface area contributed by atoms with E-state index < -0.39 is 30.3 Å². The van der Waals surface area contributed by atoms with E-state index >= 15 is 0 Å². The number of benzene rings is 1. The van der Waals surface area contributed by atoms with Crippen molar-refractivity contribution in [1.82, 2.24) is 15.1 Å². The Hall–Kier alpha value is -2.74. The molecule has 0 aliphatic carbocycles. The molecule has 0 radical (unpaired) electrons. The number of rotatable bonds is 6. The van der Waals surface area contributed by atoms with Crippen LogP contribution in [0, 0.1) is 5.82 Å². The van der Waals surface area contributed by atoms with Gasteiger partial charge in [-0.25, -0.2) is 13.9 Å². The van der Waals surface area contributed by atoms with Crippen LogP contribution in [0.3, 0.4) is 0 Å². The molecule has 2 rings (SSSR count). The highest BCUT2D eigenvalue weighted by atomic mass is 19.1. The Morgan fingerprint density at radius 2 is 2.13 bits per heavy atom. The summed E-state index contributed by atoms with van der Waals surface area (Å²) in [6.07, 6.45) is 1.42. The molecule has 1 aromatic carbocycles. The molecule has 122 valence electrons. The van der Waals surface area contributed by atoms with Crippen LogP contribution in [0.1, 0.15) is 17.4 Å². The summed E-state index contributed by atoms with van der Waals surface area (Å²) in [7, 11) is 0. The van der Waals surface area contributed by atoms with Gasteiger partial charge in [0.2, 0.25) is 0 Å². The largest absolute Gasteiger partial charge is 0.464 e. The number of carbonyl (C=O) groups is 2.